The van der Waals surface area contributed by atoms with Gasteiger partial charge in [0, 0.05) is 25.3 Å². The number of para-hydroxylation sites is 1. The summed E-state index contributed by atoms with van der Waals surface area (Å²) in [6.07, 6.45) is 1.65. The maximum absolute atomic E-state index is 12.8. The maximum atomic E-state index is 12.8. The maximum Gasteiger partial charge on any atom is 0.338 e. The first-order valence-electron chi connectivity index (χ1n) is 10.0. The van der Waals surface area contributed by atoms with Gasteiger partial charge in [-0.25, -0.2) is 13.2 Å². The van der Waals surface area contributed by atoms with Crippen molar-refractivity contribution >= 4 is 39.2 Å². The van der Waals surface area contributed by atoms with E-state index in [0.29, 0.717) is 18.8 Å². The van der Waals surface area contributed by atoms with Crippen LogP contribution in [0.5, 0.6) is 0 Å². The molecule has 1 aliphatic rings. The van der Waals surface area contributed by atoms with Crippen LogP contribution in [0.4, 0.5) is 5.69 Å². The van der Waals surface area contributed by atoms with Crippen molar-refractivity contribution in [2.75, 3.05) is 31.1 Å². The predicted molar refractivity (Wildman–Crippen MR) is 119 cm³/mol. The SMILES string of the molecule is N#CCCN(C(=O)COC(=O)c1ccc(Cl)c(S(=O)(=O)N2CCCC2)c1)c1ccccc1. The lowest BCUT2D eigenvalue weighted by Gasteiger charge is -2.21. The van der Waals surface area contributed by atoms with Gasteiger partial charge in [-0.05, 0) is 43.2 Å². The molecule has 8 nitrogen and oxygen atoms in total. The molecule has 0 saturated carbocycles. The highest BCUT2D eigenvalue weighted by Gasteiger charge is 2.30. The Labute approximate surface area is 192 Å². The Morgan fingerprint density at radius 1 is 1.12 bits per heavy atom. The molecule has 0 unspecified atom stereocenters. The lowest BCUT2D eigenvalue weighted by Crippen LogP contribution is -2.35. The number of hydrogen-bond donors (Lipinski definition) is 0. The van der Waals surface area contributed by atoms with Crippen LogP contribution in [-0.2, 0) is 19.6 Å². The molecule has 1 saturated heterocycles. The standard InChI is InChI=1S/C22H22ClN3O5S/c23-19-10-9-17(15-20(19)32(29,30)25-12-4-5-13-25)22(28)31-16-21(27)26(14-6-11-24)18-7-2-1-3-8-18/h1-3,7-10,15H,4-6,12-14,16H2. The number of esters is 1. The van der Waals surface area contributed by atoms with Crippen LogP contribution in [0.3, 0.4) is 0 Å². The summed E-state index contributed by atoms with van der Waals surface area (Å²) < 4.78 is 32.2. The monoisotopic (exact) mass is 475 g/mol. The molecule has 1 aliphatic heterocycles. The van der Waals surface area contributed by atoms with Crippen molar-refractivity contribution < 1.29 is 22.7 Å². The molecule has 0 bridgehead atoms. The number of amides is 1. The third-order valence-electron chi connectivity index (χ3n) is 4.99. The molecular weight excluding hydrogens is 454 g/mol. The van der Waals surface area contributed by atoms with Crippen molar-refractivity contribution in [1.29, 1.82) is 5.26 Å². The molecule has 1 amide bonds. The van der Waals surface area contributed by atoms with Crippen LogP contribution in [0, 0.1) is 11.3 Å². The molecule has 1 fully saturated rings. The van der Waals surface area contributed by atoms with Crippen molar-refractivity contribution in [2.24, 2.45) is 0 Å². The highest BCUT2D eigenvalue weighted by molar-refractivity contribution is 7.89. The molecule has 168 valence electrons. The first kappa shape index (κ1) is 23.7. The second-order valence-electron chi connectivity index (χ2n) is 7.12. The second kappa shape index (κ2) is 10.6. The molecule has 0 N–H and O–H groups in total. The van der Waals surface area contributed by atoms with Crippen LogP contribution in [0.1, 0.15) is 29.6 Å². The van der Waals surface area contributed by atoms with Gasteiger partial charge >= 0.3 is 5.97 Å². The Morgan fingerprint density at radius 2 is 1.81 bits per heavy atom. The van der Waals surface area contributed by atoms with Gasteiger partial charge in [-0.15, -0.1) is 0 Å². The van der Waals surface area contributed by atoms with Crippen molar-refractivity contribution in [3.63, 3.8) is 0 Å². The summed E-state index contributed by atoms with van der Waals surface area (Å²) in [5.74, 6) is -1.35. The van der Waals surface area contributed by atoms with E-state index in [-0.39, 0.29) is 28.4 Å². The molecule has 2 aromatic rings. The average Bonchev–Trinajstić information content (AvgIpc) is 3.34. The molecule has 0 spiro atoms. The third kappa shape index (κ3) is 5.46. The van der Waals surface area contributed by atoms with E-state index < -0.39 is 28.5 Å². The zero-order valence-corrected chi connectivity index (χ0v) is 18.8. The summed E-state index contributed by atoms with van der Waals surface area (Å²) in [6, 6.07) is 14.6. The number of benzene rings is 2. The first-order chi connectivity index (χ1) is 15.3. The number of carbonyl (C=O) groups is 2. The number of sulfonamides is 1. The molecule has 10 heteroatoms. The van der Waals surface area contributed by atoms with Crippen molar-refractivity contribution in [1.82, 2.24) is 4.31 Å². The van der Waals surface area contributed by atoms with Crippen molar-refractivity contribution in [2.45, 2.75) is 24.2 Å². The Kier molecular flexibility index (Phi) is 7.85. The van der Waals surface area contributed by atoms with E-state index in [9.17, 15) is 18.0 Å². The van der Waals surface area contributed by atoms with E-state index in [1.54, 1.807) is 30.3 Å². The highest BCUT2D eigenvalue weighted by Crippen LogP contribution is 2.28. The number of ether oxygens (including phenoxy) is 1. The molecule has 0 aliphatic carbocycles. The number of nitrogens with zero attached hydrogens (tertiary/aromatic N) is 3. The van der Waals surface area contributed by atoms with Crippen LogP contribution in [0.15, 0.2) is 53.4 Å². The Balaban J connectivity index is 1.73. The highest BCUT2D eigenvalue weighted by atomic mass is 35.5. The van der Waals surface area contributed by atoms with E-state index in [1.165, 1.54) is 27.4 Å². The number of anilines is 1. The third-order valence-corrected chi connectivity index (χ3v) is 7.37. The predicted octanol–water partition coefficient (Wildman–Crippen LogP) is 3.23. The summed E-state index contributed by atoms with van der Waals surface area (Å²) in [7, 11) is -3.83. The van der Waals surface area contributed by atoms with Gasteiger partial charge in [-0.3, -0.25) is 4.79 Å². The number of rotatable bonds is 8. The van der Waals surface area contributed by atoms with Crippen LogP contribution < -0.4 is 4.90 Å². The zero-order chi connectivity index (χ0) is 23.1. The normalized spacial score (nSPS) is 14.0. The molecule has 1 heterocycles. The molecule has 32 heavy (non-hydrogen) atoms. The summed E-state index contributed by atoms with van der Waals surface area (Å²) in [4.78, 5) is 26.4. The zero-order valence-electron chi connectivity index (χ0n) is 17.2. The number of halogens is 1. The van der Waals surface area contributed by atoms with Crippen molar-refractivity contribution in [3.8, 4) is 6.07 Å². The minimum absolute atomic E-state index is 0.0104. The fourth-order valence-electron chi connectivity index (χ4n) is 3.35. The summed E-state index contributed by atoms with van der Waals surface area (Å²) >= 11 is 6.10. The quantitative estimate of drug-likeness (QED) is 0.542. The Hall–Kier alpha value is -2.93. The van der Waals surface area contributed by atoms with Crippen LogP contribution in [-0.4, -0.2) is 50.8 Å². The molecule has 0 aromatic heterocycles. The Morgan fingerprint density at radius 3 is 2.47 bits per heavy atom. The molecule has 0 atom stereocenters. The van der Waals surface area contributed by atoms with Crippen LogP contribution in [0.25, 0.3) is 0 Å². The smallest absolute Gasteiger partial charge is 0.338 e. The van der Waals surface area contributed by atoms with Gasteiger partial charge in [0.2, 0.25) is 10.0 Å². The largest absolute Gasteiger partial charge is 0.452 e. The van der Waals surface area contributed by atoms with Gasteiger partial charge in [-0.2, -0.15) is 9.57 Å². The topological polar surface area (TPSA) is 108 Å². The minimum atomic E-state index is -3.83. The molecule has 3 rings (SSSR count). The van der Waals surface area contributed by atoms with E-state index in [4.69, 9.17) is 21.6 Å². The fourth-order valence-corrected chi connectivity index (χ4v) is 5.37. The van der Waals surface area contributed by atoms with Crippen LogP contribution >= 0.6 is 11.6 Å². The van der Waals surface area contributed by atoms with Crippen molar-refractivity contribution in [3.05, 3.63) is 59.1 Å². The van der Waals surface area contributed by atoms with Gasteiger partial charge in [0.05, 0.1) is 23.1 Å². The lowest BCUT2D eigenvalue weighted by molar-refractivity contribution is -0.121. The molecule has 2 aromatic carbocycles. The van der Waals surface area contributed by atoms with Gasteiger partial charge in [0.1, 0.15) is 4.90 Å². The number of nitriles is 1. The summed E-state index contributed by atoms with van der Waals surface area (Å²) in [6.45, 7) is 0.395. The van der Waals surface area contributed by atoms with Gasteiger partial charge in [0.15, 0.2) is 6.61 Å². The fraction of sp³-hybridized carbons (Fsp3) is 0.318. The number of carbonyl (C=O) groups excluding carboxylic acids is 2. The second-order valence-corrected chi connectivity index (χ2v) is 9.44. The minimum Gasteiger partial charge on any atom is -0.452 e. The number of hydrogen-bond acceptors (Lipinski definition) is 6. The molecule has 0 radical (unpaired) electrons. The van der Waals surface area contributed by atoms with Gasteiger partial charge in [0.25, 0.3) is 5.91 Å². The summed E-state index contributed by atoms with van der Waals surface area (Å²) in [5.41, 5.74) is 0.553. The summed E-state index contributed by atoms with van der Waals surface area (Å²) in [5, 5.41) is 8.88. The first-order valence-corrected chi connectivity index (χ1v) is 11.9. The van der Waals surface area contributed by atoms with Gasteiger partial charge < -0.3 is 9.64 Å². The average molecular weight is 476 g/mol. The van der Waals surface area contributed by atoms with Gasteiger partial charge in [-0.1, -0.05) is 29.8 Å². The van der Waals surface area contributed by atoms with Crippen LogP contribution in [0.2, 0.25) is 5.02 Å². The van der Waals surface area contributed by atoms with E-state index in [2.05, 4.69) is 0 Å². The Bertz CT molecular complexity index is 1130. The molecular formula is C22H22ClN3O5S. The van der Waals surface area contributed by atoms with E-state index in [0.717, 1.165) is 12.8 Å². The van der Waals surface area contributed by atoms with E-state index >= 15 is 0 Å². The lowest BCUT2D eigenvalue weighted by atomic mass is 10.2. The van der Waals surface area contributed by atoms with E-state index in [1.807, 2.05) is 6.07 Å².